The van der Waals surface area contributed by atoms with Gasteiger partial charge in [0, 0.05) is 37.5 Å². The predicted octanol–water partition coefficient (Wildman–Crippen LogP) is 3.23. The van der Waals surface area contributed by atoms with Crippen LogP contribution < -0.4 is 4.74 Å². The smallest absolute Gasteiger partial charge is 0.264 e. The van der Waals surface area contributed by atoms with Crippen LogP contribution in [-0.2, 0) is 0 Å². The number of aryl methyl sites for hydroxylation is 1. The van der Waals surface area contributed by atoms with Crippen molar-refractivity contribution in [1.29, 1.82) is 0 Å². The molecule has 4 nitrogen and oxygen atoms in total. The van der Waals surface area contributed by atoms with Gasteiger partial charge < -0.3 is 9.64 Å². The summed E-state index contributed by atoms with van der Waals surface area (Å²) in [7, 11) is 0. The molecule has 6 heteroatoms. The molecular formula is C17H18N2O2S2. The number of rotatable bonds is 3. The molecule has 23 heavy (non-hydrogen) atoms. The summed E-state index contributed by atoms with van der Waals surface area (Å²) in [5, 5.41) is 1.99. The number of nitrogens with zero attached hydrogens (tertiary/aromatic N) is 2. The van der Waals surface area contributed by atoms with Crippen molar-refractivity contribution in [2.75, 3.05) is 18.8 Å². The molecule has 2 aromatic rings. The lowest BCUT2D eigenvalue weighted by molar-refractivity contribution is 0.0520. The van der Waals surface area contributed by atoms with Crippen LogP contribution in [-0.4, -0.2) is 45.5 Å². The van der Waals surface area contributed by atoms with Crippen LogP contribution in [0.15, 0.2) is 35.8 Å². The zero-order valence-corrected chi connectivity index (χ0v) is 14.5. The van der Waals surface area contributed by atoms with Gasteiger partial charge in [0.1, 0.15) is 6.10 Å². The second-order valence-corrected chi connectivity index (χ2v) is 8.60. The average Bonchev–Trinajstić information content (AvgIpc) is 3.13. The maximum atomic E-state index is 12.5. The van der Waals surface area contributed by atoms with E-state index in [1.807, 2.05) is 53.2 Å². The third-order valence-corrected chi connectivity index (χ3v) is 6.98. The van der Waals surface area contributed by atoms with Crippen LogP contribution in [0.25, 0.3) is 0 Å². The SMILES string of the molecule is Cc1ccsc1C(=O)N1CC2(C[C@H](Oc3ccccn3)CS2)C1. The van der Waals surface area contributed by atoms with Gasteiger partial charge in [-0.3, -0.25) is 4.79 Å². The van der Waals surface area contributed by atoms with Crippen molar-refractivity contribution in [3.05, 3.63) is 46.3 Å². The molecule has 0 aromatic carbocycles. The first kappa shape index (κ1) is 15.0. The summed E-state index contributed by atoms with van der Waals surface area (Å²) < 4.78 is 6.14. The topological polar surface area (TPSA) is 42.4 Å². The van der Waals surface area contributed by atoms with Crippen molar-refractivity contribution in [1.82, 2.24) is 9.88 Å². The Hall–Kier alpha value is -1.53. The first-order chi connectivity index (χ1) is 11.2. The predicted molar refractivity (Wildman–Crippen MR) is 93.4 cm³/mol. The Morgan fingerprint density at radius 1 is 1.39 bits per heavy atom. The molecule has 2 saturated heterocycles. The molecule has 2 fully saturated rings. The highest BCUT2D eigenvalue weighted by Gasteiger charge is 2.51. The molecular weight excluding hydrogens is 328 g/mol. The summed E-state index contributed by atoms with van der Waals surface area (Å²) in [6, 6.07) is 7.73. The molecule has 0 saturated carbocycles. The number of hydrogen-bond acceptors (Lipinski definition) is 5. The Morgan fingerprint density at radius 2 is 2.26 bits per heavy atom. The number of hydrogen-bond donors (Lipinski definition) is 0. The molecule has 0 bridgehead atoms. The summed E-state index contributed by atoms with van der Waals surface area (Å²) in [5.41, 5.74) is 1.08. The van der Waals surface area contributed by atoms with E-state index in [4.69, 9.17) is 4.74 Å². The standard InChI is InChI=1S/C17H18N2O2S2/c1-12-5-7-22-15(12)16(20)19-10-17(11-19)8-13(9-23-17)21-14-4-2-3-6-18-14/h2-7,13H,8-11H2,1H3/t13-/m0/s1. The molecule has 1 amide bonds. The Morgan fingerprint density at radius 3 is 2.96 bits per heavy atom. The third kappa shape index (κ3) is 2.85. The minimum absolute atomic E-state index is 0.179. The number of amides is 1. The van der Waals surface area contributed by atoms with Crippen LogP contribution in [0.4, 0.5) is 0 Å². The number of carbonyl (C=O) groups excluding carboxylic acids is 1. The quantitative estimate of drug-likeness (QED) is 0.856. The van der Waals surface area contributed by atoms with E-state index < -0.39 is 0 Å². The van der Waals surface area contributed by atoms with Crippen molar-refractivity contribution in [3.8, 4) is 5.88 Å². The Kier molecular flexibility index (Phi) is 3.81. The van der Waals surface area contributed by atoms with Gasteiger partial charge in [0.05, 0.1) is 9.62 Å². The Labute approximate surface area is 143 Å². The zero-order chi connectivity index (χ0) is 15.9. The summed E-state index contributed by atoms with van der Waals surface area (Å²) in [6.07, 6.45) is 2.93. The Balaban J connectivity index is 1.35. The van der Waals surface area contributed by atoms with E-state index in [2.05, 4.69) is 4.98 Å². The van der Waals surface area contributed by atoms with Crippen LogP contribution in [0.3, 0.4) is 0 Å². The number of thiophene rings is 1. The molecule has 4 heterocycles. The van der Waals surface area contributed by atoms with Crippen LogP contribution in [0.2, 0.25) is 0 Å². The summed E-state index contributed by atoms with van der Waals surface area (Å²) >= 11 is 3.48. The zero-order valence-electron chi connectivity index (χ0n) is 12.9. The Bertz CT molecular complexity index is 710. The molecule has 1 atom stereocenters. The molecule has 120 valence electrons. The van der Waals surface area contributed by atoms with Gasteiger partial charge in [0.2, 0.25) is 5.88 Å². The van der Waals surface area contributed by atoms with E-state index in [0.717, 1.165) is 35.7 Å². The van der Waals surface area contributed by atoms with Gasteiger partial charge in [-0.2, -0.15) is 0 Å². The lowest BCUT2D eigenvalue weighted by Crippen LogP contribution is -2.60. The number of ether oxygens (including phenoxy) is 1. The van der Waals surface area contributed by atoms with E-state index in [-0.39, 0.29) is 16.8 Å². The van der Waals surface area contributed by atoms with Crippen molar-refractivity contribution < 1.29 is 9.53 Å². The molecule has 0 radical (unpaired) electrons. The van der Waals surface area contributed by atoms with Gasteiger partial charge in [-0.25, -0.2) is 4.98 Å². The minimum atomic E-state index is 0.179. The minimum Gasteiger partial charge on any atom is -0.473 e. The van der Waals surface area contributed by atoms with E-state index >= 15 is 0 Å². The van der Waals surface area contributed by atoms with E-state index in [1.54, 1.807) is 6.20 Å². The van der Waals surface area contributed by atoms with Gasteiger partial charge >= 0.3 is 0 Å². The molecule has 0 N–H and O–H groups in total. The summed E-state index contributed by atoms with van der Waals surface area (Å²) in [4.78, 5) is 19.6. The number of thioether (sulfide) groups is 1. The number of aromatic nitrogens is 1. The summed E-state index contributed by atoms with van der Waals surface area (Å²) in [5.74, 6) is 1.84. The lowest BCUT2D eigenvalue weighted by atomic mass is 9.92. The van der Waals surface area contributed by atoms with Crippen molar-refractivity contribution in [2.45, 2.75) is 24.2 Å². The second-order valence-electron chi connectivity index (χ2n) is 6.20. The van der Waals surface area contributed by atoms with Gasteiger partial charge in [0.15, 0.2) is 0 Å². The second kappa shape index (κ2) is 5.83. The molecule has 1 spiro atoms. The first-order valence-electron chi connectivity index (χ1n) is 7.70. The fourth-order valence-electron chi connectivity index (χ4n) is 3.21. The van der Waals surface area contributed by atoms with Crippen molar-refractivity contribution in [2.24, 2.45) is 0 Å². The third-order valence-electron chi connectivity index (χ3n) is 4.40. The van der Waals surface area contributed by atoms with Crippen molar-refractivity contribution in [3.63, 3.8) is 0 Å². The van der Waals surface area contributed by atoms with Gasteiger partial charge in [-0.15, -0.1) is 23.1 Å². The normalized spacial score (nSPS) is 22.1. The molecule has 0 aliphatic carbocycles. The first-order valence-corrected chi connectivity index (χ1v) is 9.57. The molecule has 0 unspecified atom stereocenters. The maximum Gasteiger partial charge on any atom is 0.264 e. The molecule has 4 rings (SSSR count). The summed E-state index contributed by atoms with van der Waals surface area (Å²) in [6.45, 7) is 3.66. The van der Waals surface area contributed by atoms with E-state index in [1.165, 1.54) is 11.3 Å². The fraction of sp³-hybridized carbons (Fsp3) is 0.412. The lowest BCUT2D eigenvalue weighted by Gasteiger charge is -2.47. The van der Waals surface area contributed by atoms with Gasteiger partial charge in [-0.1, -0.05) is 6.07 Å². The van der Waals surface area contributed by atoms with Crippen LogP contribution in [0.1, 0.15) is 21.7 Å². The molecule has 2 aromatic heterocycles. The van der Waals surface area contributed by atoms with Gasteiger partial charge in [-0.05, 0) is 30.0 Å². The number of pyridine rings is 1. The largest absolute Gasteiger partial charge is 0.473 e. The maximum absolute atomic E-state index is 12.5. The van der Waals surface area contributed by atoms with Crippen LogP contribution in [0.5, 0.6) is 5.88 Å². The molecule has 2 aliphatic rings. The number of likely N-dealkylation sites (tertiary alicyclic amines) is 1. The van der Waals surface area contributed by atoms with Crippen molar-refractivity contribution >= 4 is 29.0 Å². The molecule has 2 aliphatic heterocycles. The highest BCUT2D eigenvalue weighted by atomic mass is 32.2. The van der Waals surface area contributed by atoms with Gasteiger partial charge in [0.25, 0.3) is 5.91 Å². The van der Waals surface area contributed by atoms with Crippen LogP contribution in [0, 0.1) is 6.92 Å². The highest BCUT2D eigenvalue weighted by Crippen LogP contribution is 2.46. The van der Waals surface area contributed by atoms with E-state index in [9.17, 15) is 4.79 Å². The average molecular weight is 346 g/mol. The monoisotopic (exact) mass is 346 g/mol. The fourth-order valence-corrected chi connectivity index (χ4v) is 5.63. The van der Waals surface area contributed by atoms with Crippen LogP contribution >= 0.6 is 23.1 Å². The highest BCUT2D eigenvalue weighted by molar-refractivity contribution is 8.01. The number of carbonyl (C=O) groups is 1. The van der Waals surface area contributed by atoms with E-state index in [0.29, 0.717) is 5.88 Å².